The van der Waals surface area contributed by atoms with Crippen molar-refractivity contribution < 1.29 is 4.79 Å². The maximum absolute atomic E-state index is 14.6. The molecule has 35 heavy (non-hydrogen) atoms. The van der Waals surface area contributed by atoms with Crippen molar-refractivity contribution in [2.75, 3.05) is 19.0 Å². The van der Waals surface area contributed by atoms with E-state index in [1.54, 1.807) is 0 Å². The molecule has 0 N–H and O–H groups in total. The minimum atomic E-state index is -1.06. The van der Waals surface area contributed by atoms with Crippen molar-refractivity contribution in [3.8, 4) is 0 Å². The van der Waals surface area contributed by atoms with E-state index in [0.29, 0.717) is 0 Å². The number of carbonyl (C=O) groups is 1. The number of hydrogen-bond acceptors (Lipinski definition) is 2. The Morgan fingerprint density at radius 2 is 1.17 bits per heavy atom. The van der Waals surface area contributed by atoms with Gasteiger partial charge in [-0.15, -0.1) is 0 Å². The Morgan fingerprint density at radius 3 is 1.63 bits per heavy atom. The summed E-state index contributed by atoms with van der Waals surface area (Å²) in [7, 11) is 3.89. The van der Waals surface area contributed by atoms with Gasteiger partial charge in [-0.1, -0.05) is 107 Å². The van der Waals surface area contributed by atoms with E-state index in [4.69, 9.17) is 4.99 Å². The highest BCUT2D eigenvalue weighted by atomic mass is 79.9. The monoisotopic (exact) mass is 523 g/mol. The fourth-order valence-electron chi connectivity index (χ4n) is 5.11. The minimum absolute atomic E-state index is 0.0167. The number of nitrogens with zero attached hydrogens (tertiary/aromatic N) is 3. The molecule has 4 aromatic rings. The van der Waals surface area contributed by atoms with Gasteiger partial charge < -0.3 is 4.90 Å². The van der Waals surface area contributed by atoms with Gasteiger partial charge in [0, 0.05) is 29.8 Å². The van der Waals surface area contributed by atoms with Crippen molar-refractivity contribution in [3.05, 3.63) is 136 Å². The molecule has 1 heterocycles. The van der Waals surface area contributed by atoms with Crippen LogP contribution in [0.15, 0.2) is 125 Å². The number of anilines is 1. The first-order chi connectivity index (χ1) is 17.0. The summed E-state index contributed by atoms with van der Waals surface area (Å²) < 4.78 is 0.953. The molecule has 0 aromatic heterocycles. The molecule has 1 fully saturated rings. The second-order valence-electron chi connectivity index (χ2n) is 8.85. The van der Waals surface area contributed by atoms with E-state index in [1.165, 1.54) is 0 Å². The van der Waals surface area contributed by atoms with E-state index in [2.05, 4.69) is 28.1 Å². The molecule has 4 aromatic carbocycles. The molecule has 1 amide bonds. The van der Waals surface area contributed by atoms with Crippen LogP contribution in [0, 0.1) is 0 Å². The Labute approximate surface area is 214 Å². The number of benzene rings is 4. The van der Waals surface area contributed by atoms with Crippen molar-refractivity contribution >= 4 is 33.9 Å². The highest BCUT2D eigenvalue weighted by Gasteiger charge is 2.74. The summed E-state index contributed by atoms with van der Waals surface area (Å²) in [5.74, 6) is -0.0167. The molecular weight excluding hydrogens is 498 g/mol. The third kappa shape index (κ3) is 3.50. The number of halogens is 1. The number of hydrogen-bond donors (Lipinski definition) is 0. The van der Waals surface area contributed by atoms with Crippen molar-refractivity contribution in [3.63, 3.8) is 0 Å². The van der Waals surface area contributed by atoms with E-state index < -0.39 is 11.1 Å². The van der Waals surface area contributed by atoms with Crippen molar-refractivity contribution in [2.24, 2.45) is 4.99 Å². The Bertz CT molecular complexity index is 1300. The number of β-lactam (4-membered cyclic amide) rings is 1. The number of rotatable bonds is 6. The summed E-state index contributed by atoms with van der Waals surface area (Å²) in [5.41, 5.74) is 1.44. The molecule has 0 saturated carbocycles. The fraction of sp³-hybridized carbons (Fsp3) is 0.133. The smallest absolute Gasteiger partial charge is 0.249 e. The second-order valence-corrected chi connectivity index (χ2v) is 9.76. The van der Waals surface area contributed by atoms with Gasteiger partial charge in [-0.05, 0) is 35.4 Å². The average molecular weight is 524 g/mol. The molecule has 0 radical (unpaired) electrons. The maximum Gasteiger partial charge on any atom is 0.249 e. The predicted molar refractivity (Wildman–Crippen MR) is 146 cm³/mol. The van der Waals surface area contributed by atoms with Gasteiger partial charge in [0.1, 0.15) is 5.41 Å². The highest BCUT2D eigenvalue weighted by molar-refractivity contribution is 9.10. The summed E-state index contributed by atoms with van der Waals surface area (Å²) in [6.45, 7) is 0. The molecule has 0 spiro atoms. The fourth-order valence-corrected chi connectivity index (χ4v) is 5.37. The molecule has 5 rings (SSSR count). The van der Waals surface area contributed by atoms with Gasteiger partial charge in [0.2, 0.25) is 5.91 Å². The normalized spacial score (nSPS) is 18.9. The Kier molecular flexibility index (Phi) is 6.03. The van der Waals surface area contributed by atoms with Gasteiger partial charge in [0.15, 0.2) is 5.66 Å². The van der Waals surface area contributed by atoms with E-state index in [0.717, 1.165) is 26.9 Å². The Hall–Kier alpha value is -3.70. The molecule has 1 atom stereocenters. The molecule has 1 saturated heterocycles. The summed E-state index contributed by atoms with van der Waals surface area (Å²) in [6, 6.07) is 38.0. The van der Waals surface area contributed by atoms with Crippen LogP contribution < -0.4 is 4.90 Å². The summed E-state index contributed by atoms with van der Waals surface area (Å²) in [6.07, 6.45) is 1.81. The lowest BCUT2D eigenvalue weighted by Gasteiger charge is -2.63. The molecule has 4 nitrogen and oxygen atoms in total. The predicted octanol–water partition coefficient (Wildman–Crippen LogP) is 6.22. The molecule has 174 valence electrons. The molecule has 0 aliphatic carbocycles. The van der Waals surface area contributed by atoms with E-state index in [-0.39, 0.29) is 5.91 Å². The first kappa shape index (κ1) is 23.1. The van der Waals surface area contributed by atoms with Gasteiger partial charge in [-0.2, -0.15) is 0 Å². The van der Waals surface area contributed by atoms with Gasteiger partial charge in [-0.25, -0.2) is 4.99 Å². The van der Waals surface area contributed by atoms with Crippen LogP contribution in [0.5, 0.6) is 0 Å². The van der Waals surface area contributed by atoms with Crippen LogP contribution in [0.3, 0.4) is 0 Å². The summed E-state index contributed by atoms with van der Waals surface area (Å²) in [4.78, 5) is 23.6. The molecule has 0 bridgehead atoms. The lowest BCUT2D eigenvalue weighted by atomic mass is 9.55. The largest absolute Gasteiger partial charge is 0.369 e. The number of amides is 1. The van der Waals surface area contributed by atoms with E-state index in [9.17, 15) is 4.79 Å². The SMILES string of the molecule is CN(C)/C=N/C1(c2ccccc2)N(c2ccc(Br)cc2)C(=O)C1(c1ccccc1)c1ccccc1. The lowest BCUT2D eigenvalue weighted by molar-refractivity contribution is -0.136. The minimum Gasteiger partial charge on any atom is -0.369 e. The highest BCUT2D eigenvalue weighted by Crippen LogP contribution is 2.62. The molecule has 1 aliphatic heterocycles. The van der Waals surface area contributed by atoms with Crippen LogP contribution in [-0.2, 0) is 15.9 Å². The molecule has 1 aliphatic rings. The summed E-state index contributed by atoms with van der Waals surface area (Å²) >= 11 is 3.53. The number of aliphatic imine (C=N–C) groups is 1. The van der Waals surface area contributed by atoms with Gasteiger partial charge in [0.25, 0.3) is 0 Å². The Balaban J connectivity index is 1.91. The first-order valence-electron chi connectivity index (χ1n) is 11.5. The lowest BCUT2D eigenvalue weighted by Crippen LogP contribution is -2.78. The van der Waals surface area contributed by atoms with Crippen LogP contribution in [-0.4, -0.2) is 31.2 Å². The van der Waals surface area contributed by atoms with Crippen molar-refractivity contribution in [2.45, 2.75) is 11.1 Å². The van der Waals surface area contributed by atoms with Crippen LogP contribution >= 0.6 is 15.9 Å². The van der Waals surface area contributed by atoms with Crippen LogP contribution in [0.1, 0.15) is 16.7 Å². The van der Waals surface area contributed by atoms with Crippen molar-refractivity contribution in [1.29, 1.82) is 0 Å². The second kappa shape index (κ2) is 9.16. The van der Waals surface area contributed by atoms with E-state index >= 15 is 0 Å². The van der Waals surface area contributed by atoms with Crippen molar-refractivity contribution in [1.82, 2.24) is 4.90 Å². The number of carbonyl (C=O) groups excluding carboxylic acids is 1. The summed E-state index contributed by atoms with van der Waals surface area (Å²) in [5, 5.41) is 0. The van der Waals surface area contributed by atoms with Crippen LogP contribution in [0.2, 0.25) is 0 Å². The first-order valence-corrected chi connectivity index (χ1v) is 12.3. The quantitative estimate of drug-likeness (QED) is 0.171. The maximum atomic E-state index is 14.6. The zero-order valence-electron chi connectivity index (χ0n) is 19.7. The molecule has 1 unspecified atom stereocenters. The molecular formula is C30H26BrN3O. The molecule has 5 heteroatoms. The Morgan fingerprint density at radius 1 is 0.714 bits per heavy atom. The third-order valence-electron chi connectivity index (χ3n) is 6.52. The standard InChI is InChI=1S/C30H26BrN3O/c1-33(2)22-32-30(25-16-10-5-11-17-25)29(23-12-6-3-7-13-23,24-14-8-4-9-15-24)28(35)34(30)27-20-18-26(31)19-21-27/h3-22H,1-2H3/b32-22+. The van der Waals surface area contributed by atoms with E-state index in [1.807, 2.05) is 133 Å². The van der Waals surface area contributed by atoms with Gasteiger partial charge in [0.05, 0.1) is 6.34 Å². The topological polar surface area (TPSA) is 35.9 Å². The van der Waals surface area contributed by atoms with Crippen LogP contribution in [0.25, 0.3) is 0 Å². The van der Waals surface area contributed by atoms with Gasteiger partial charge in [-0.3, -0.25) is 9.69 Å². The van der Waals surface area contributed by atoms with Crippen LogP contribution in [0.4, 0.5) is 5.69 Å². The zero-order valence-corrected chi connectivity index (χ0v) is 21.3. The zero-order chi connectivity index (χ0) is 24.5. The third-order valence-corrected chi connectivity index (χ3v) is 7.05. The van der Waals surface area contributed by atoms with Gasteiger partial charge >= 0.3 is 0 Å². The average Bonchev–Trinajstić information content (AvgIpc) is 2.89.